The third-order valence-corrected chi connectivity index (χ3v) is 8.05. The maximum Gasteiger partial charge on any atom is 0.412 e. The molecular weight excluding hydrogens is 522 g/mol. The minimum Gasteiger partial charge on any atom is -0.493 e. The summed E-state index contributed by atoms with van der Waals surface area (Å²) in [6, 6.07) is 5.93. The minimum atomic E-state index is -0.834. The molecule has 8 nitrogen and oxygen atoms in total. The second kappa shape index (κ2) is 15.4. The largest absolute Gasteiger partial charge is 0.493 e. The highest BCUT2D eigenvalue weighted by atomic mass is 16.6. The van der Waals surface area contributed by atoms with Crippen LogP contribution in [0.25, 0.3) is 0 Å². The van der Waals surface area contributed by atoms with Crippen LogP contribution in [0.3, 0.4) is 0 Å². The molecule has 1 aromatic carbocycles. The highest BCUT2D eigenvalue weighted by Gasteiger charge is 2.52. The van der Waals surface area contributed by atoms with Gasteiger partial charge in [0.25, 0.3) is 0 Å². The Labute approximate surface area is 249 Å². The summed E-state index contributed by atoms with van der Waals surface area (Å²) in [7, 11) is 3.34. The lowest BCUT2D eigenvalue weighted by molar-refractivity contribution is -0.0841. The van der Waals surface area contributed by atoms with Crippen molar-refractivity contribution in [1.82, 2.24) is 4.90 Å². The molecule has 1 saturated heterocycles. The van der Waals surface area contributed by atoms with Crippen LogP contribution in [0.2, 0.25) is 0 Å². The van der Waals surface area contributed by atoms with Gasteiger partial charge in [0.1, 0.15) is 11.3 Å². The van der Waals surface area contributed by atoms with E-state index in [2.05, 4.69) is 39.8 Å². The number of nitrogens with zero attached hydrogens (tertiary/aromatic N) is 1. The van der Waals surface area contributed by atoms with Crippen LogP contribution >= 0.6 is 0 Å². The minimum absolute atomic E-state index is 0.0776. The van der Waals surface area contributed by atoms with Crippen LogP contribution in [0.5, 0.6) is 11.5 Å². The molecule has 236 valence electrons. The van der Waals surface area contributed by atoms with Crippen molar-refractivity contribution < 1.29 is 33.6 Å². The SMILES string of the molecule is COCCCOc1cc(C[C@@H](C[C@H]2[C@H](C[C@H](CO)C(C)C)OC(C)(C)N2C(=O)OC(C)(C)C)C(C)C)ccc1OC. The standard InChI is InChI=1S/C33H57NO7/c1-22(2)25(17-24-13-14-28(38-11)30(18-24)39-16-12-15-37-10)19-27-29(20-26(21-35)23(3)4)40-33(8,9)34(27)31(36)41-32(5,6)7/h13-14,18,22-23,25-27,29,35H,12,15-17,19-21H2,1-11H3/t25-,26+,27-,29-/m0/s1. The fraction of sp³-hybridized carbons (Fsp3) is 0.788. The van der Waals surface area contributed by atoms with Gasteiger partial charge in [0.2, 0.25) is 0 Å². The summed E-state index contributed by atoms with van der Waals surface area (Å²) in [6.45, 7) is 19.5. The van der Waals surface area contributed by atoms with Gasteiger partial charge in [0.05, 0.1) is 25.9 Å². The van der Waals surface area contributed by atoms with Gasteiger partial charge in [0, 0.05) is 26.7 Å². The van der Waals surface area contributed by atoms with Gasteiger partial charge in [0.15, 0.2) is 11.5 Å². The first-order valence-electron chi connectivity index (χ1n) is 15.2. The number of methoxy groups -OCH3 is 2. The van der Waals surface area contributed by atoms with Crippen molar-refractivity contribution in [3.63, 3.8) is 0 Å². The maximum absolute atomic E-state index is 13.6. The number of amides is 1. The molecule has 0 bridgehead atoms. The molecule has 1 amide bonds. The zero-order valence-corrected chi connectivity index (χ0v) is 27.5. The third-order valence-electron chi connectivity index (χ3n) is 8.05. The molecular formula is C33H57NO7. The van der Waals surface area contributed by atoms with Crippen LogP contribution in [-0.2, 0) is 20.6 Å². The predicted octanol–water partition coefficient (Wildman–Crippen LogP) is 6.71. The summed E-state index contributed by atoms with van der Waals surface area (Å²) >= 11 is 0. The molecule has 1 heterocycles. The average molecular weight is 580 g/mol. The Bertz CT molecular complexity index is 940. The zero-order valence-electron chi connectivity index (χ0n) is 27.5. The number of carbonyl (C=O) groups excluding carboxylic acids is 1. The van der Waals surface area contributed by atoms with Crippen LogP contribution in [-0.4, -0.2) is 73.6 Å². The molecule has 1 fully saturated rings. The summed E-state index contributed by atoms with van der Waals surface area (Å²) in [6.07, 6.45) is 2.46. The Morgan fingerprint density at radius 2 is 1.68 bits per heavy atom. The van der Waals surface area contributed by atoms with Crippen molar-refractivity contribution in [2.24, 2.45) is 23.7 Å². The number of ether oxygens (including phenoxy) is 5. The van der Waals surface area contributed by atoms with Gasteiger partial charge >= 0.3 is 6.09 Å². The lowest BCUT2D eigenvalue weighted by Crippen LogP contribution is -2.51. The predicted molar refractivity (Wildman–Crippen MR) is 162 cm³/mol. The number of carbonyl (C=O) groups is 1. The second-order valence-electron chi connectivity index (χ2n) is 13.6. The van der Waals surface area contributed by atoms with E-state index in [0.717, 1.165) is 30.6 Å². The van der Waals surface area contributed by atoms with Gasteiger partial charge in [-0.15, -0.1) is 0 Å². The zero-order chi connectivity index (χ0) is 31.0. The van der Waals surface area contributed by atoms with Gasteiger partial charge in [-0.05, 0) is 95.2 Å². The fourth-order valence-electron chi connectivity index (χ4n) is 5.61. The van der Waals surface area contributed by atoms with E-state index in [4.69, 9.17) is 23.7 Å². The molecule has 0 spiro atoms. The Hall–Kier alpha value is -2.03. The van der Waals surface area contributed by atoms with Crippen LogP contribution in [0.1, 0.15) is 87.1 Å². The highest BCUT2D eigenvalue weighted by molar-refractivity contribution is 5.70. The van der Waals surface area contributed by atoms with Gasteiger partial charge in [-0.25, -0.2) is 4.79 Å². The molecule has 1 N–H and O–H groups in total. The Morgan fingerprint density at radius 1 is 1.02 bits per heavy atom. The van der Waals surface area contributed by atoms with E-state index < -0.39 is 11.3 Å². The molecule has 1 aliphatic heterocycles. The lowest BCUT2D eigenvalue weighted by atomic mass is 9.80. The number of rotatable bonds is 15. The van der Waals surface area contributed by atoms with Crippen LogP contribution in [0, 0.1) is 23.7 Å². The maximum atomic E-state index is 13.6. The molecule has 4 atom stereocenters. The van der Waals surface area contributed by atoms with E-state index >= 15 is 0 Å². The van der Waals surface area contributed by atoms with Crippen molar-refractivity contribution in [2.75, 3.05) is 34.0 Å². The molecule has 0 unspecified atom stereocenters. The van der Waals surface area contributed by atoms with E-state index in [9.17, 15) is 9.90 Å². The molecule has 0 radical (unpaired) electrons. The van der Waals surface area contributed by atoms with Crippen LogP contribution in [0.4, 0.5) is 4.79 Å². The monoisotopic (exact) mass is 579 g/mol. The molecule has 2 rings (SSSR count). The van der Waals surface area contributed by atoms with Crippen molar-refractivity contribution in [2.45, 2.75) is 111 Å². The highest BCUT2D eigenvalue weighted by Crippen LogP contribution is 2.41. The molecule has 41 heavy (non-hydrogen) atoms. The first-order chi connectivity index (χ1) is 19.1. The molecule has 0 aromatic heterocycles. The Balaban J connectivity index is 2.39. The van der Waals surface area contributed by atoms with Gasteiger partial charge in [-0.1, -0.05) is 33.8 Å². The number of hydrogen-bond donors (Lipinski definition) is 1. The van der Waals surface area contributed by atoms with E-state index in [0.29, 0.717) is 37.2 Å². The summed E-state index contributed by atoms with van der Waals surface area (Å²) < 4.78 is 29.2. The lowest BCUT2D eigenvalue weighted by Gasteiger charge is -2.37. The van der Waals surface area contributed by atoms with Crippen molar-refractivity contribution in [3.05, 3.63) is 23.8 Å². The topological polar surface area (TPSA) is 86.7 Å². The molecule has 0 aliphatic carbocycles. The fourth-order valence-corrected chi connectivity index (χ4v) is 5.61. The number of aliphatic hydroxyl groups is 1. The van der Waals surface area contributed by atoms with Gasteiger partial charge < -0.3 is 28.8 Å². The average Bonchev–Trinajstić information content (AvgIpc) is 3.12. The molecule has 1 aromatic rings. The van der Waals surface area contributed by atoms with Crippen molar-refractivity contribution in [3.8, 4) is 11.5 Å². The van der Waals surface area contributed by atoms with E-state index in [1.807, 2.05) is 45.6 Å². The van der Waals surface area contributed by atoms with E-state index in [1.54, 1.807) is 14.2 Å². The van der Waals surface area contributed by atoms with Crippen LogP contribution in [0.15, 0.2) is 18.2 Å². The van der Waals surface area contributed by atoms with E-state index in [-0.39, 0.29) is 36.7 Å². The summed E-state index contributed by atoms with van der Waals surface area (Å²) in [5.41, 5.74) is -0.304. The molecule has 8 heteroatoms. The summed E-state index contributed by atoms with van der Waals surface area (Å²) in [4.78, 5) is 15.4. The van der Waals surface area contributed by atoms with Crippen LogP contribution < -0.4 is 9.47 Å². The second-order valence-corrected chi connectivity index (χ2v) is 13.6. The number of benzene rings is 1. The number of aliphatic hydroxyl groups excluding tert-OH is 1. The van der Waals surface area contributed by atoms with Gasteiger partial charge in [-0.3, -0.25) is 4.90 Å². The smallest absolute Gasteiger partial charge is 0.412 e. The summed E-state index contributed by atoms with van der Waals surface area (Å²) in [5.74, 6) is 2.42. The molecule has 0 saturated carbocycles. The molecule has 1 aliphatic rings. The first-order valence-corrected chi connectivity index (χ1v) is 15.2. The Morgan fingerprint density at radius 3 is 2.22 bits per heavy atom. The summed E-state index contributed by atoms with van der Waals surface area (Å²) in [5, 5.41) is 10.1. The normalized spacial score (nSPS) is 20.4. The Kier molecular flexibility index (Phi) is 13.2. The number of hydrogen-bond acceptors (Lipinski definition) is 7. The quantitative estimate of drug-likeness (QED) is 0.231. The van der Waals surface area contributed by atoms with Crippen molar-refractivity contribution >= 4 is 6.09 Å². The van der Waals surface area contributed by atoms with Gasteiger partial charge in [-0.2, -0.15) is 0 Å². The first kappa shape index (κ1) is 35.2. The third kappa shape index (κ3) is 10.3. The van der Waals surface area contributed by atoms with Crippen molar-refractivity contribution in [1.29, 1.82) is 0 Å². The van der Waals surface area contributed by atoms with E-state index in [1.165, 1.54) is 0 Å².